The van der Waals surface area contributed by atoms with Crippen LogP contribution in [0.25, 0.3) is 0 Å². The van der Waals surface area contributed by atoms with Gasteiger partial charge in [0, 0.05) is 32.6 Å². The highest BCUT2D eigenvalue weighted by molar-refractivity contribution is 5.78. The van der Waals surface area contributed by atoms with E-state index in [9.17, 15) is 28.8 Å². The SMILES string of the molecule is CC(C)(C)OC(=O)NCCC(=O)NCCC(=O)OCc1ccccc1.CC(C)(C)OC(=O)NCCC(=O)O.NCCC(=O)OCc1ccccc1. The standard InChI is InChI=1S/C18H26N2O5.C10H13NO2.C8H15NO4/c1-18(2,3)25-17(23)20-11-9-15(21)19-12-10-16(22)24-13-14-7-5-4-6-8-14;11-7-6-10(12)13-8-9-4-2-1-3-5-9;1-8(2,3)13-7(12)9-5-4-6(10)11/h4-8H,9-13H2,1-3H3,(H,19,21)(H,20,23);1-5H,6-8,11H2;4-5H2,1-3H3,(H,9,12)(H,10,11). The normalized spacial score (nSPS) is 10.4. The number of carbonyl (C=O) groups is 6. The summed E-state index contributed by atoms with van der Waals surface area (Å²) in [7, 11) is 0. The minimum Gasteiger partial charge on any atom is -0.481 e. The van der Waals surface area contributed by atoms with Crippen molar-refractivity contribution in [1.82, 2.24) is 16.0 Å². The molecule has 0 atom stereocenters. The average molecular weight is 719 g/mol. The van der Waals surface area contributed by atoms with Gasteiger partial charge in [0.2, 0.25) is 5.91 Å². The van der Waals surface area contributed by atoms with Crippen LogP contribution in [0.5, 0.6) is 0 Å². The van der Waals surface area contributed by atoms with Crippen molar-refractivity contribution in [2.75, 3.05) is 26.2 Å². The molecule has 0 saturated heterocycles. The van der Waals surface area contributed by atoms with Gasteiger partial charge in [0.15, 0.2) is 0 Å². The average Bonchev–Trinajstić information content (AvgIpc) is 3.03. The van der Waals surface area contributed by atoms with Crippen LogP contribution >= 0.6 is 0 Å². The molecular formula is C36H54N4O11. The number of alkyl carbamates (subject to hydrolysis) is 2. The number of ether oxygens (including phenoxy) is 4. The Morgan fingerprint density at radius 3 is 1.37 bits per heavy atom. The molecule has 2 rings (SSSR count). The topological polar surface area (TPSA) is 222 Å². The van der Waals surface area contributed by atoms with Gasteiger partial charge in [0.1, 0.15) is 24.4 Å². The van der Waals surface area contributed by atoms with E-state index < -0.39 is 29.4 Å². The van der Waals surface area contributed by atoms with Crippen LogP contribution in [0.4, 0.5) is 9.59 Å². The maximum atomic E-state index is 11.6. The van der Waals surface area contributed by atoms with E-state index in [2.05, 4.69) is 16.0 Å². The third-order valence-electron chi connectivity index (χ3n) is 5.51. The van der Waals surface area contributed by atoms with E-state index in [1.165, 1.54) is 0 Å². The smallest absolute Gasteiger partial charge is 0.407 e. The van der Waals surface area contributed by atoms with Crippen molar-refractivity contribution in [2.45, 2.75) is 91.6 Å². The van der Waals surface area contributed by atoms with Gasteiger partial charge in [-0.3, -0.25) is 19.2 Å². The minimum atomic E-state index is -0.948. The molecule has 0 spiro atoms. The fourth-order valence-electron chi connectivity index (χ4n) is 3.31. The molecule has 2 aromatic carbocycles. The van der Waals surface area contributed by atoms with Crippen LogP contribution in [0.1, 0.15) is 78.4 Å². The molecule has 0 bridgehead atoms. The molecule has 0 aliphatic carbocycles. The number of hydrogen-bond donors (Lipinski definition) is 5. The van der Waals surface area contributed by atoms with Crippen LogP contribution in [0.2, 0.25) is 0 Å². The van der Waals surface area contributed by atoms with E-state index in [-0.39, 0.29) is 69.8 Å². The van der Waals surface area contributed by atoms with Crippen molar-refractivity contribution >= 4 is 36.0 Å². The summed E-state index contributed by atoms with van der Waals surface area (Å²) in [5.74, 6) is -1.83. The first-order chi connectivity index (χ1) is 23.9. The first kappa shape index (κ1) is 45.8. The van der Waals surface area contributed by atoms with Gasteiger partial charge in [-0.2, -0.15) is 0 Å². The number of esters is 2. The van der Waals surface area contributed by atoms with Gasteiger partial charge in [0.05, 0.1) is 19.3 Å². The monoisotopic (exact) mass is 718 g/mol. The molecule has 0 radical (unpaired) electrons. The molecule has 15 nitrogen and oxygen atoms in total. The van der Waals surface area contributed by atoms with Crippen molar-refractivity contribution in [3.8, 4) is 0 Å². The maximum absolute atomic E-state index is 11.6. The lowest BCUT2D eigenvalue weighted by Crippen LogP contribution is -2.35. The number of carboxylic acid groups (broad SMARTS) is 1. The summed E-state index contributed by atoms with van der Waals surface area (Å²) >= 11 is 0. The fourth-order valence-corrected chi connectivity index (χ4v) is 3.31. The molecule has 6 N–H and O–H groups in total. The lowest BCUT2D eigenvalue weighted by Gasteiger charge is -2.19. The number of aliphatic carboxylic acids is 1. The molecule has 284 valence electrons. The fraction of sp³-hybridized carbons (Fsp3) is 0.500. The molecule has 3 amide bonds. The predicted molar refractivity (Wildman–Crippen MR) is 189 cm³/mol. The highest BCUT2D eigenvalue weighted by Gasteiger charge is 2.17. The molecule has 0 fully saturated rings. The zero-order valence-corrected chi connectivity index (χ0v) is 30.5. The Bertz CT molecular complexity index is 1330. The first-order valence-electron chi connectivity index (χ1n) is 16.4. The molecule has 0 aromatic heterocycles. The van der Waals surface area contributed by atoms with Gasteiger partial charge < -0.3 is 45.7 Å². The Morgan fingerprint density at radius 1 is 0.588 bits per heavy atom. The van der Waals surface area contributed by atoms with E-state index in [1.807, 2.05) is 60.7 Å². The van der Waals surface area contributed by atoms with E-state index in [4.69, 9.17) is 29.8 Å². The van der Waals surface area contributed by atoms with E-state index >= 15 is 0 Å². The Balaban J connectivity index is 0.000000810. The highest BCUT2D eigenvalue weighted by Crippen LogP contribution is 2.07. The number of carbonyl (C=O) groups excluding carboxylic acids is 5. The van der Waals surface area contributed by atoms with Gasteiger partial charge in [-0.05, 0) is 52.7 Å². The Kier molecular flexibility index (Phi) is 23.1. The van der Waals surface area contributed by atoms with E-state index in [1.54, 1.807) is 41.5 Å². The summed E-state index contributed by atoms with van der Waals surface area (Å²) in [5, 5.41) is 15.7. The van der Waals surface area contributed by atoms with Crippen LogP contribution in [-0.2, 0) is 51.3 Å². The summed E-state index contributed by atoms with van der Waals surface area (Å²) in [6.45, 7) is 11.8. The molecule has 2 aromatic rings. The quantitative estimate of drug-likeness (QED) is 0.129. The van der Waals surface area contributed by atoms with Gasteiger partial charge in [-0.25, -0.2) is 9.59 Å². The first-order valence-corrected chi connectivity index (χ1v) is 16.4. The third-order valence-corrected chi connectivity index (χ3v) is 5.51. The minimum absolute atomic E-state index is 0.0875. The molecule has 0 heterocycles. The second-order valence-electron chi connectivity index (χ2n) is 12.7. The molecular weight excluding hydrogens is 664 g/mol. The summed E-state index contributed by atoms with van der Waals surface area (Å²) in [4.78, 5) is 66.5. The van der Waals surface area contributed by atoms with E-state index in [0.717, 1.165) is 11.1 Å². The van der Waals surface area contributed by atoms with Crippen molar-refractivity contribution in [3.05, 3.63) is 71.8 Å². The molecule has 0 unspecified atom stereocenters. The number of nitrogens with one attached hydrogen (secondary N) is 3. The number of nitrogens with two attached hydrogens (primary N) is 1. The lowest BCUT2D eigenvalue weighted by molar-refractivity contribution is -0.145. The Hall–Kier alpha value is -5.18. The van der Waals surface area contributed by atoms with Crippen molar-refractivity contribution in [2.24, 2.45) is 5.73 Å². The lowest BCUT2D eigenvalue weighted by atomic mass is 10.2. The van der Waals surface area contributed by atoms with Gasteiger partial charge in [0.25, 0.3) is 0 Å². The second kappa shape index (κ2) is 25.7. The number of carboxylic acids is 1. The largest absolute Gasteiger partial charge is 0.481 e. The van der Waals surface area contributed by atoms with Crippen LogP contribution in [-0.4, -0.2) is 78.5 Å². The zero-order chi connectivity index (χ0) is 38.7. The summed E-state index contributed by atoms with van der Waals surface area (Å²) in [6, 6.07) is 18.9. The summed E-state index contributed by atoms with van der Waals surface area (Å²) < 4.78 is 20.0. The number of benzene rings is 2. The van der Waals surface area contributed by atoms with Gasteiger partial charge >= 0.3 is 30.1 Å². The predicted octanol–water partition coefficient (Wildman–Crippen LogP) is 4.22. The number of hydrogen-bond acceptors (Lipinski definition) is 11. The molecule has 51 heavy (non-hydrogen) atoms. The summed E-state index contributed by atoms with van der Waals surface area (Å²) in [6.07, 6.45) is -0.763. The molecule has 0 saturated carbocycles. The van der Waals surface area contributed by atoms with Crippen LogP contribution in [0.15, 0.2) is 60.7 Å². The van der Waals surface area contributed by atoms with Crippen LogP contribution in [0, 0.1) is 0 Å². The number of amides is 3. The molecule has 0 aliphatic rings. The Morgan fingerprint density at radius 2 is 0.980 bits per heavy atom. The highest BCUT2D eigenvalue weighted by atomic mass is 16.6. The van der Waals surface area contributed by atoms with Crippen LogP contribution < -0.4 is 21.7 Å². The maximum Gasteiger partial charge on any atom is 0.407 e. The van der Waals surface area contributed by atoms with Gasteiger partial charge in [-0.1, -0.05) is 60.7 Å². The van der Waals surface area contributed by atoms with Gasteiger partial charge in [-0.15, -0.1) is 0 Å². The van der Waals surface area contributed by atoms with Crippen molar-refractivity contribution < 1.29 is 52.8 Å². The zero-order valence-electron chi connectivity index (χ0n) is 30.5. The summed E-state index contributed by atoms with van der Waals surface area (Å²) in [5.41, 5.74) is 5.98. The van der Waals surface area contributed by atoms with Crippen molar-refractivity contribution in [1.29, 1.82) is 0 Å². The Labute approximate surface area is 299 Å². The molecule has 0 aliphatic heterocycles. The second-order valence-corrected chi connectivity index (χ2v) is 12.7. The molecule has 15 heteroatoms. The van der Waals surface area contributed by atoms with Crippen LogP contribution in [0.3, 0.4) is 0 Å². The van der Waals surface area contributed by atoms with E-state index in [0.29, 0.717) is 13.2 Å². The third kappa shape index (κ3) is 30.6. The number of rotatable bonds is 15. The van der Waals surface area contributed by atoms with Crippen molar-refractivity contribution in [3.63, 3.8) is 0 Å².